The van der Waals surface area contributed by atoms with Gasteiger partial charge in [0.25, 0.3) is 5.91 Å². The van der Waals surface area contributed by atoms with Crippen LogP contribution in [0, 0.1) is 0 Å². The van der Waals surface area contributed by atoms with Crippen molar-refractivity contribution >= 4 is 23.5 Å². The Balaban J connectivity index is 1.78. The van der Waals surface area contributed by atoms with Gasteiger partial charge in [0.2, 0.25) is 5.95 Å². The lowest BCUT2D eigenvalue weighted by Crippen LogP contribution is -2.29. The summed E-state index contributed by atoms with van der Waals surface area (Å²) in [6, 6.07) is 7.92. The van der Waals surface area contributed by atoms with E-state index in [1.807, 2.05) is 37.2 Å². The van der Waals surface area contributed by atoms with Crippen LogP contribution in [0.2, 0.25) is 5.02 Å². The van der Waals surface area contributed by atoms with E-state index >= 15 is 0 Å². The molecule has 1 unspecified atom stereocenters. The fourth-order valence-corrected chi connectivity index (χ4v) is 3.71. The molecule has 2 aromatic rings. The Morgan fingerprint density at radius 2 is 2.17 bits per heavy atom. The van der Waals surface area contributed by atoms with Gasteiger partial charge in [-0.15, -0.1) is 0 Å². The highest BCUT2D eigenvalue weighted by Gasteiger charge is 2.29. The summed E-state index contributed by atoms with van der Waals surface area (Å²) in [6.07, 6.45) is 2.57. The van der Waals surface area contributed by atoms with Crippen molar-refractivity contribution in [2.75, 3.05) is 52.3 Å². The maximum Gasteiger partial charge on any atom is 0.254 e. The van der Waals surface area contributed by atoms with Gasteiger partial charge in [-0.25, -0.2) is 9.97 Å². The van der Waals surface area contributed by atoms with Crippen LogP contribution in [0.15, 0.2) is 30.5 Å². The highest BCUT2D eigenvalue weighted by atomic mass is 35.5. The van der Waals surface area contributed by atoms with Gasteiger partial charge in [-0.1, -0.05) is 29.8 Å². The first-order valence-corrected chi connectivity index (χ1v) is 10.1. The van der Waals surface area contributed by atoms with Crippen LogP contribution in [0.4, 0.5) is 5.95 Å². The second kappa shape index (κ2) is 10.0. The van der Waals surface area contributed by atoms with E-state index in [0.29, 0.717) is 24.7 Å². The monoisotopic (exact) mass is 417 g/mol. The van der Waals surface area contributed by atoms with Crippen LogP contribution in [-0.2, 0) is 11.3 Å². The van der Waals surface area contributed by atoms with E-state index in [1.165, 1.54) is 0 Å². The fourth-order valence-electron chi connectivity index (χ4n) is 3.52. The molecule has 3 rings (SSSR count). The number of amides is 1. The zero-order chi connectivity index (χ0) is 20.8. The Morgan fingerprint density at radius 3 is 2.90 bits per heavy atom. The van der Waals surface area contributed by atoms with E-state index in [-0.39, 0.29) is 11.8 Å². The lowest BCUT2D eigenvalue weighted by atomic mass is 9.99. The van der Waals surface area contributed by atoms with Crippen molar-refractivity contribution in [1.82, 2.24) is 20.2 Å². The number of aromatic nitrogens is 2. The first-order valence-electron chi connectivity index (χ1n) is 9.76. The third-order valence-corrected chi connectivity index (χ3v) is 5.42. The average Bonchev–Trinajstić information content (AvgIpc) is 3.18. The predicted molar refractivity (Wildman–Crippen MR) is 115 cm³/mol. The van der Waals surface area contributed by atoms with Crippen molar-refractivity contribution < 1.29 is 9.53 Å². The quantitative estimate of drug-likeness (QED) is 0.665. The number of likely N-dealkylation sites (tertiary alicyclic amines) is 1. The molecule has 1 aliphatic rings. The van der Waals surface area contributed by atoms with E-state index in [0.717, 1.165) is 42.3 Å². The summed E-state index contributed by atoms with van der Waals surface area (Å²) >= 11 is 6.32. The molecule has 0 aliphatic carbocycles. The molecule has 1 aromatic carbocycles. The summed E-state index contributed by atoms with van der Waals surface area (Å²) in [5.41, 5.74) is 2.46. The molecule has 29 heavy (non-hydrogen) atoms. The number of halogens is 1. The van der Waals surface area contributed by atoms with E-state index in [4.69, 9.17) is 21.3 Å². The molecule has 1 fully saturated rings. The van der Waals surface area contributed by atoms with Crippen molar-refractivity contribution in [2.24, 2.45) is 0 Å². The number of anilines is 1. The first kappa shape index (κ1) is 21.5. The molecule has 0 saturated carbocycles. The van der Waals surface area contributed by atoms with Crippen molar-refractivity contribution in [1.29, 1.82) is 0 Å². The van der Waals surface area contributed by atoms with Gasteiger partial charge in [0.1, 0.15) is 0 Å². The molecule has 0 radical (unpaired) electrons. The third-order valence-electron chi connectivity index (χ3n) is 5.05. The first-order chi connectivity index (χ1) is 14.0. The molecular formula is C21H28ClN5O2. The van der Waals surface area contributed by atoms with Crippen LogP contribution in [0.3, 0.4) is 0 Å². The lowest BCUT2D eigenvalue weighted by Gasteiger charge is -2.19. The zero-order valence-corrected chi connectivity index (χ0v) is 17.9. The second-order valence-corrected chi connectivity index (χ2v) is 7.83. The Bertz CT molecular complexity index is 846. The van der Waals surface area contributed by atoms with Crippen molar-refractivity contribution in [3.63, 3.8) is 0 Å². The van der Waals surface area contributed by atoms with Crippen LogP contribution in [-0.4, -0.2) is 68.2 Å². The number of nitrogens with one attached hydrogen (secondary N) is 1. The molecule has 1 amide bonds. The Morgan fingerprint density at radius 1 is 1.38 bits per heavy atom. The average molecular weight is 418 g/mol. The highest BCUT2D eigenvalue weighted by molar-refractivity contribution is 6.31. The summed E-state index contributed by atoms with van der Waals surface area (Å²) in [4.78, 5) is 26.0. The number of methoxy groups -OCH3 is 1. The largest absolute Gasteiger partial charge is 0.383 e. The summed E-state index contributed by atoms with van der Waals surface area (Å²) in [5, 5.41) is 3.67. The molecular weight excluding hydrogens is 390 g/mol. The summed E-state index contributed by atoms with van der Waals surface area (Å²) in [7, 11) is 5.41. The van der Waals surface area contributed by atoms with Gasteiger partial charge in [0.15, 0.2) is 0 Å². The number of carbonyl (C=O) groups is 1. The minimum atomic E-state index is -0.160. The normalized spacial score (nSPS) is 16.8. The summed E-state index contributed by atoms with van der Waals surface area (Å²) < 4.78 is 5.02. The van der Waals surface area contributed by atoms with Crippen LogP contribution in [0.5, 0.6) is 0 Å². The van der Waals surface area contributed by atoms with Gasteiger partial charge in [-0.3, -0.25) is 9.69 Å². The van der Waals surface area contributed by atoms with Gasteiger partial charge < -0.3 is 15.0 Å². The molecule has 0 spiro atoms. The minimum absolute atomic E-state index is 0.160. The minimum Gasteiger partial charge on any atom is -0.383 e. The van der Waals surface area contributed by atoms with Gasteiger partial charge in [0, 0.05) is 58.0 Å². The Hall–Kier alpha value is -2.22. The van der Waals surface area contributed by atoms with Gasteiger partial charge in [-0.2, -0.15) is 0 Å². The molecule has 156 valence electrons. The van der Waals surface area contributed by atoms with Crippen LogP contribution >= 0.6 is 11.6 Å². The molecule has 1 saturated heterocycles. The summed E-state index contributed by atoms with van der Waals surface area (Å²) in [6.45, 7) is 3.47. The van der Waals surface area contributed by atoms with E-state index in [2.05, 4.69) is 21.3 Å². The number of nitrogens with zero attached hydrogens (tertiary/aromatic N) is 4. The molecule has 1 aliphatic heterocycles. The van der Waals surface area contributed by atoms with E-state index in [9.17, 15) is 4.79 Å². The standard InChI is InChI=1S/C21H28ClN5O2/c1-26(2)21-24-12-17(20(28)23-9-11-29-3)19(25-21)16-8-10-27(14-16)13-15-6-4-5-7-18(15)22/h4-7,12,16H,8-11,13-14H2,1-3H3,(H,23,28). The molecule has 0 bridgehead atoms. The third kappa shape index (κ3) is 5.44. The van der Waals surface area contributed by atoms with Gasteiger partial charge in [0.05, 0.1) is 17.9 Å². The lowest BCUT2D eigenvalue weighted by molar-refractivity contribution is 0.0934. The molecule has 1 aromatic heterocycles. The number of hydrogen-bond donors (Lipinski definition) is 1. The maximum absolute atomic E-state index is 12.7. The fraction of sp³-hybridized carbons (Fsp3) is 0.476. The second-order valence-electron chi connectivity index (χ2n) is 7.42. The van der Waals surface area contributed by atoms with Crippen LogP contribution in [0.25, 0.3) is 0 Å². The zero-order valence-electron chi connectivity index (χ0n) is 17.2. The highest BCUT2D eigenvalue weighted by Crippen LogP contribution is 2.31. The Kier molecular flexibility index (Phi) is 7.41. The molecule has 7 nitrogen and oxygen atoms in total. The number of benzene rings is 1. The Labute approximate surface area is 177 Å². The van der Waals surface area contributed by atoms with Crippen molar-refractivity contribution in [3.05, 3.63) is 52.3 Å². The number of rotatable bonds is 8. The topological polar surface area (TPSA) is 70.6 Å². The van der Waals surface area contributed by atoms with Gasteiger partial charge in [-0.05, 0) is 24.6 Å². The number of hydrogen-bond acceptors (Lipinski definition) is 6. The molecule has 2 heterocycles. The van der Waals surface area contributed by atoms with E-state index < -0.39 is 0 Å². The van der Waals surface area contributed by atoms with Gasteiger partial charge >= 0.3 is 0 Å². The molecule has 1 atom stereocenters. The SMILES string of the molecule is COCCNC(=O)c1cnc(N(C)C)nc1C1CCN(Cc2ccccc2Cl)C1. The van der Waals surface area contributed by atoms with Crippen LogP contribution < -0.4 is 10.2 Å². The molecule has 8 heteroatoms. The smallest absolute Gasteiger partial charge is 0.254 e. The van der Waals surface area contributed by atoms with Crippen molar-refractivity contribution in [2.45, 2.75) is 18.9 Å². The number of carbonyl (C=O) groups excluding carboxylic acids is 1. The van der Waals surface area contributed by atoms with E-state index in [1.54, 1.807) is 13.3 Å². The summed E-state index contributed by atoms with van der Waals surface area (Å²) in [5.74, 6) is 0.618. The van der Waals surface area contributed by atoms with Crippen LogP contribution in [0.1, 0.15) is 34.0 Å². The maximum atomic E-state index is 12.7. The van der Waals surface area contributed by atoms with Crippen molar-refractivity contribution in [3.8, 4) is 0 Å². The molecule has 1 N–H and O–H groups in total. The number of ether oxygens (including phenoxy) is 1. The predicted octanol–water partition coefficient (Wildman–Crippen LogP) is 2.56.